The zero-order valence-electron chi connectivity index (χ0n) is 6.26. The number of pyridine rings is 1. The molecule has 0 aliphatic rings. The highest BCUT2D eigenvalue weighted by Crippen LogP contribution is 2.22. The quantitative estimate of drug-likeness (QED) is 0.679. The summed E-state index contributed by atoms with van der Waals surface area (Å²) in [5.41, 5.74) is 3.53. The summed E-state index contributed by atoms with van der Waals surface area (Å²) in [5, 5.41) is 8.33. The minimum atomic E-state index is -2.90. The standard InChI is InChI=1S/C7H4F3N3/c8-6(9)5-1-4(12)3(2-11)7(10)13-5/h1,6H,(H2,12,13). The molecule has 0 fully saturated rings. The van der Waals surface area contributed by atoms with Crippen LogP contribution in [0.3, 0.4) is 0 Å². The average molecular weight is 187 g/mol. The van der Waals surface area contributed by atoms with E-state index in [0.29, 0.717) is 0 Å². The summed E-state index contributed by atoms with van der Waals surface area (Å²) in [6, 6.07) is 2.21. The zero-order chi connectivity index (χ0) is 10.0. The fraction of sp³-hybridized carbons (Fsp3) is 0.143. The van der Waals surface area contributed by atoms with Crippen LogP contribution in [0, 0.1) is 17.3 Å². The molecule has 1 heterocycles. The molecule has 0 saturated carbocycles. The van der Waals surface area contributed by atoms with Gasteiger partial charge in [0.2, 0.25) is 5.95 Å². The summed E-state index contributed by atoms with van der Waals surface area (Å²) in [5.74, 6) is -1.27. The number of nitrogens with two attached hydrogens (primary N) is 1. The van der Waals surface area contributed by atoms with Crippen molar-refractivity contribution >= 4 is 5.69 Å². The van der Waals surface area contributed by atoms with Crippen LogP contribution in [-0.2, 0) is 0 Å². The maximum Gasteiger partial charge on any atom is 0.280 e. The molecular formula is C7H4F3N3. The van der Waals surface area contributed by atoms with Crippen LogP contribution in [0.2, 0.25) is 0 Å². The van der Waals surface area contributed by atoms with Gasteiger partial charge in [0.05, 0.1) is 5.69 Å². The number of hydrogen-bond donors (Lipinski definition) is 1. The summed E-state index contributed by atoms with van der Waals surface area (Å²) >= 11 is 0. The van der Waals surface area contributed by atoms with Gasteiger partial charge in [-0.3, -0.25) is 0 Å². The van der Waals surface area contributed by atoms with Crippen LogP contribution in [0.25, 0.3) is 0 Å². The first-order valence-electron chi connectivity index (χ1n) is 3.20. The van der Waals surface area contributed by atoms with Gasteiger partial charge in [0.1, 0.15) is 17.3 Å². The number of nitriles is 1. The van der Waals surface area contributed by atoms with E-state index < -0.39 is 23.6 Å². The number of nitrogens with zero attached hydrogens (tertiary/aromatic N) is 2. The van der Waals surface area contributed by atoms with Crippen molar-refractivity contribution in [2.24, 2.45) is 0 Å². The van der Waals surface area contributed by atoms with Crippen LogP contribution >= 0.6 is 0 Å². The Morgan fingerprint density at radius 3 is 2.54 bits per heavy atom. The van der Waals surface area contributed by atoms with Crippen molar-refractivity contribution in [3.05, 3.63) is 23.3 Å². The second-order valence-electron chi connectivity index (χ2n) is 2.21. The first-order valence-corrected chi connectivity index (χ1v) is 3.20. The number of aromatic nitrogens is 1. The second-order valence-corrected chi connectivity index (χ2v) is 2.21. The van der Waals surface area contributed by atoms with Crippen molar-refractivity contribution in [2.75, 3.05) is 5.73 Å². The zero-order valence-corrected chi connectivity index (χ0v) is 6.26. The average Bonchev–Trinajstić information content (AvgIpc) is 2.03. The Balaban J connectivity index is 3.30. The first kappa shape index (κ1) is 9.32. The summed E-state index contributed by atoms with van der Waals surface area (Å²) < 4.78 is 36.7. The molecule has 1 aromatic rings. The number of anilines is 1. The maximum atomic E-state index is 12.7. The molecule has 0 radical (unpaired) electrons. The highest BCUT2D eigenvalue weighted by Gasteiger charge is 2.15. The van der Waals surface area contributed by atoms with E-state index in [0.717, 1.165) is 6.07 Å². The van der Waals surface area contributed by atoms with Gasteiger partial charge in [-0.15, -0.1) is 0 Å². The Morgan fingerprint density at radius 2 is 2.15 bits per heavy atom. The molecule has 0 saturated heterocycles. The van der Waals surface area contributed by atoms with Crippen LogP contribution in [0.15, 0.2) is 6.07 Å². The lowest BCUT2D eigenvalue weighted by Gasteiger charge is -2.02. The molecular weight excluding hydrogens is 183 g/mol. The van der Waals surface area contributed by atoms with Crippen molar-refractivity contribution in [2.45, 2.75) is 6.43 Å². The lowest BCUT2D eigenvalue weighted by molar-refractivity contribution is 0.145. The Hall–Kier alpha value is -1.77. The van der Waals surface area contributed by atoms with Crippen LogP contribution in [0.1, 0.15) is 17.7 Å². The van der Waals surface area contributed by atoms with Crippen molar-refractivity contribution in [1.29, 1.82) is 5.26 Å². The molecule has 0 spiro atoms. The number of halogens is 3. The van der Waals surface area contributed by atoms with Crippen molar-refractivity contribution in [1.82, 2.24) is 4.98 Å². The fourth-order valence-corrected chi connectivity index (χ4v) is 0.775. The molecule has 0 aliphatic heterocycles. The van der Waals surface area contributed by atoms with Crippen LogP contribution in [0.4, 0.5) is 18.9 Å². The first-order chi connectivity index (χ1) is 6.06. The predicted octanol–water partition coefficient (Wildman–Crippen LogP) is 1.61. The SMILES string of the molecule is N#Cc1c(N)cc(C(F)F)nc1F. The van der Waals surface area contributed by atoms with Gasteiger partial charge in [0.15, 0.2) is 0 Å². The molecule has 0 atom stereocenters. The van der Waals surface area contributed by atoms with Gasteiger partial charge in [0.25, 0.3) is 6.43 Å². The van der Waals surface area contributed by atoms with Crippen LogP contribution in [0.5, 0.6) is 0 Å². The summed E-state index contributed by atoms with van der Waals surface area (Å²) in [7, 11) is 0. The maximum absolute atomic E-state index is 12.7. The molecule has 0 aliphatic carbocycles. The molecule has 3 nitrogen and oxygen atoms in total. The van der Waals surface area contributed by atoms with E-state index in [1.54, 1.807) is 0 Å². The Morgan fingerprint density at radius 1 is 1.54 bits per heavy atom. The number of nitrogen functional groups attached to an aromatic ring is 1. The normalized spacial score (nSPS) is 10.1. The van der Waals surface area contributed by atoms with E-state index in [-0.39, 0.29) is 5.69 Å². The highest BCUT2D eigenvalue weighted by atomic mass is 19.3. The van der Waals surface area contributed by atoms with E-state index in [2.05, 4.69) is 4.98 Å². The molecule has 0 amide bonds. The number of rotatable bonds is 1. The van der Waals surface area contributed by atoms with E-state index in [4.69, 9.17) is 11.0 Å². The molecule has 0 unspecified atom stereocenters. The smallest absolute Gasteiger partial charge is 0.280 e. The topological polar surface area (TPSA) is 62.7 Å². The number of alkyl halides is 2. The molecule has 6 heteroatoms. The lowest BCUT2D eigenvalue weighted by Crippen LogP contribution is -2.01. The van der Waals surface area contributed by atoms with Crippen LogP contribution in [-0.4, -0.2) is 4.98 Å². The highest BCUT2D eigenvalue weighted by molar-refractivity contribution is 5.53. The Labute approximate surface area is 71.6 Å². The third kappa shape index (κ3) is 1.69. The minimum absolute atomic E-state index is 0.328. The minimum Gasteiger partial charge on any atom is -0.397 e. The van der Waals surface area contributed by atoms with Gasteiger partial charge < -0.3 is 5.73 Å². The van der Waals surface area contributed by atoms with E-state index in [9.17, 15) is 13.2 Å². The second kappa shape index (κ2) is 3.31. The van der Waals surface area contributed by atoms with Crippen molar-refractivity contribution < 1.29 is 13.2 Å². The predicted molar refractivity (Wildman–Crippen MR) is 38.3 cm³/mol. The van der Waals surface area contributed by atoms with Gasteiger partial charge in [-0.1, -0.05) is 0 Å². The third-order valence-corrected chi connectivity index (χ3v) is 1.36. The van der Waals surface area contributed by atoms with E-state index in [1.807, 2.05) is 0 Å². The van der Waals surface area contributed by atoms with Gasteiger partial charge in [0, 0.05) is 0 Å². The Kier molecular flexibility index (Phi) is 2.37. The largest absolute Gasteiger partial charge is 0.397 e. The molecule has 13 heavy (non-hydrogen) atoms. The summed E-state index contributed by atoms with van der Waals surface area (Å²) in [6.07, 6.45) is -2.90. The van der Waals surface area contributed by atoms with E-state index in [1.165, 1.54) is 6.07 Å². The molecule has 1 aromatic heterocycles. The van der Waals surface area contributed by atoms with Gasteiger partial charge in [-0.05, 0) is 6.07 Å². The fourth-order valence-electron chi connectivity index (χ4n) is 0.775. The monoisotopic (exact) mass is 187 g/mol. The lowest BCUT2D eigenvalue weighted by atomic mass is 10.2. The molecule has 68 valence electrons. The van der Waals surface area contributed by atoms with Gasteiger partial charge in [-0.25, -0.2) is 13.8 Å². The summed E-state index contributed by atoms with van der Waals surface area (Å²) in [4.78, 5) is 2.89. The Bertz CT molecular complexity index is 347. The molecule has 1 rings (SSSR count). The van der Waals surface area contributed by atoms with Crippen LogP contribution < -0.4 is 5.73 Å². The van der Waals surface area contributed by atoms with E-state index >= 15 is 0 Å². The third-order valence-electron chi connectivity index (χ3n) is 1.36. The van der Waals surface area contributed by atoms with Gasteiger partial charge in [-0.2, -0.15) is 9.65 Å². The van der Waals surface area contributed by atoms with Gasteiger partial charge >= 0.3 is 0 Å². The molecule has 2 N–H and O–H groups in total. The van der Waals surface area contributed by atoms with Crippen molar-refractivity contribution in [3.8, 4) is 6.07 Å². The number of hydrogen-bond acceptors (Lipinski definition) is 3. The summed E-state index contributed by atoms with van der Waals surface area (Å²) in [6.45, 7) is 0. The molecule has 0 aromatic carbocycles. The van der Waals surface area contributed by atoms with Crippen molar-refractivity contribution in [3.63, 3.8) is 0 Å². The molecule has 0 bridgehead atoms.